The molecule has 2 saturated heterocycles. The molecule has 0 aromatic rings. The maximum atomic E-state index is 12.5. The predicted octanol–water partition coefficient (Wildman–Crippen LogP) is 4.87. The summed E-state index contributed by atoms with van der Waals surface area (Å²) in [5, 5.41) is 0. The van der Waals surface area contributed by atoms with E-state index in [0.717, 1.165) is 51.4 Å². The van der Waals surface area contributed by atoms with E-state index in [-0.39, 0.29) is 24.1 Å². The number of fused-ring (bicyclic) bond motifs is 2. The molecule has 0 saturated carbocycles. The molecule has 0 radical (unpaired) electrons. The van der Waals surface area contributed by atoms with Crippen LogP contribution >= 0.6 is 0 Å². The largest absolute Gasteiger partial charge is 0.444 e. The number of carbonyl (C=O) groups is 2. The van der Waals surface area contributed by atoms with Crippen LogP contribution in [0.3, 0.4) is 0 Å². The van der Waals surface area contributed by atoms with Gasteiger partial charge in [-0.1, -0.05) is 12.5 Å². The fourth-order valence-electron chi connectivity index (χ4n) is 4.02. The predicted molar refractivity (Wildman–Crippen MR) is 95.9 cm³/mol. The number of hydrogen-bond acceptors (Lipinski definition) is 3. The summed E-state index contributed by atoms with van der Waals surface area (Å²) in [4.78, 5) is 26.9. The normalized spacial score (nSPS) is 26.3. The van der Waals surface area contributed by atoms with Gasteiger partial charge in [0.25, 0.3) is 0 Å². The fourth-order valence-corrected chi connectivity index (χ4v) is 4.02. The van der Waals surface area contributed by atoms with Crippen LogP contribution in [0.15, 0.2) is 12.7 Å². The van der Waals surface area contributed by atoms with Crippen molar-refractivity contribution in [1.29, 1.82) is 0 Å². The Hall–Kier alpha value is -1.32. The number of piperidine rings is 1. The van der Waals surface area contributed by atoms with Crippen molar-refractivity contribution in [2.45, 2.75) is 96.2 Å². The van der Waals surface area contributed by atoms with Crippen LogP contribution in [0.2, 0.25) is 0 Å². The summed E-state index contributed by atoms with van der Waals surface area (Å²) in [6.07, 6.45) is 10.3. The van der Waals surface area contributed by atoms with E-state index in [2.05, 4.69) is 6.58 Å². The molecule has 0 N–H and O–H groups in total. The lowest BCUT2D eigenvalue weighted by atomic mass is 9.85. The molecule has 136 valence electrons. The summed E-state index contributed by atoms with van der Waals surface area (Å²) in [6.45, 7) is 9.42. The molecule has 0 aromatic carbocycles. The minimum atomic E-state index is -0.464. The lowest BCUT2D eigenvalue weighted by Crippen LogP contribution is -2.49. The third kappa shape index (κ3) is 5.09. The molecule has 2 rings (SSSR count). The van der Waals surface area contributed by atoms with Crippen LogP contribution in [0.4, 0.5) is 4.79 Å². The van der Waals surface area contributed by atoms with E-state index in [4.69, 9.17) is 4.74 Å². The van der Waals surface area contributed by atoms with Crippen molar-refractivity contribution in [2.75, 3.05) is 0 Å². The van der Waals surface area contributed by atoms with Crippen molar-refractivity contribution < 1.29 is 14.3 Å². The molecule has 1 amide bonds. The van der Waals surface area contributed by atoms with E-state index in [1.54, 1.807) is 0 Å². The Morgan fingerprint density at radius 2 is 1.75 bits per heavy atom. The highest BCUT2D eigenvalue weighted by Crippen LogP contribution is 2.40. The molecule has 2 atom stereocenters. The van der Waals surface area contributed by atoms with Gasteiger partial charge in [0.15, 0.2) is 0 Å². The molecule has 4 nitrogen and oxygen atoms in total. The van der Waals surface area contributed by atoms with E-state index in [1.807, 2.05) is 31.7 Å². The number of rotatable bonds is 7. The Labute approximate surface area is 146 Å². The van der Waals surface area contributed by atoms with E-state index in [9.17, 15) is 9.59 Å². The average molecular weight is 335 g/mol. The minimum absolute atomic E-state index is 0.139. The maximum Gasteiger partial charge on any atom is 0.410 e. The van der Waals surface area contributed by atoms with Gasteiger partial charge in [-0.3, -0.25) is 4.79 Å². The third-order valence-corrected chi connectivity index (χ3v) is 5.12. The number of unbranched alkanes of at least 4 members (excludes halogenated alkanes) is 3. The van der Waals surface area contributed by atoms with Crippen molar-refractivity contribution in [1.82, 2.24) is 4.90 Å². The monoisotopic (exact) mass is 335 g/mol. The first kappa shape index (κ1) is 19.0. The van der Waals surface area contributed by atoms with E-state index < -0.39 is 5.60 Å². The lowest BCUT2D eigenvalue weighted by molar-refractivity contribution is -0.125. The number of ether oxygens (including phenoxy) is 1. The van der Waals surface area contributed by atoms with Gasteiger partial charge in [0, 0.05) is 24.4 Å². The van der Waals surface area contributed by atoms with Crippen molar-refractivity contribution >= 4 is 11.9 Å². The quantitative estimate of drug-likeness (QED) is 0.492. The highest BCUT2D eigenvalue weighted by Gasteiger charge is 2.46. The number of ketones is 1. The van der Waals surface area contributed by atoms with Gasteiger partial charge in [0.05, 0.1) is 0 Å². The van der Waals surface area contributed by atoms with Crippen LogP contribution in [-0.4, -0.2) is 34.5 Å². The van der Waals surface area contributed by atoms with E-state index >= 15 is 0 Å². The molecular weight excluding hydrogens is 302 g/mol. The van der Waals surface area contributed by atoms with Gasteiger partial charge in [-0.2, -0.15) is 0 Å². The maximum absolute atomic E-state index is 12.5. The summed E-state index contributed by atoms with van der Waals surface area (Å²) in [7, 11) is 0. The number of nitrogens with zero attached hydrogens (tertiary/aromatic N) is 1. The molecule has 4 heteroatoms. The third-order valence-electron chi connectivity index (χ3n) is 5.12. The van der Waals surface area contributed by atoms with Gasteiger partial charge in [-0.25, -0.2) is 4.79 Å². The van der Waals surface area contributed by atoms with E-state index in [0.29, 0.717) is 12.2 Å². The van der Waals surface area contributed by atoms with Gasteiger partial charge in [-0.05, 0) is 65.7 Å². The number of allylic oxidation sites excluding steroid dienone is 1. The summed E-state index contributed by atoms with van der Waals surface area (Å²) in [5.41, 5.74) is -0.464. The molecular formula is C20H33NO3. The summed E-state index contributed by atoms with van der Waals surface area (Å²) in [5.74, 6) is 0.537. The molecule has 2 bridgehead atoms. The smallest absolute Gasteiger partial charge is 0.410 e. The minimum Gasteiger partial charge on any atom is -0.444 e. The first-order chi connectivity index (χ1) is 11.3. The second-order valence-corrected chi connectivity index (χ2v) is 8.30. The van der Waals surface area contributed by atoms with Gasteiger partial charge < -0.3 is 9.64 Å². The SMILES string of the molecule is C=CCCCCCC(=O)C1CC2CCC(C1)N2C(=O)OC(C)(C)C. The van der Waals surface area contributed by atoms with Gasteiger partial charge in [0.1, 0.15) is 11.4 Å². The number of hydrogen-bond donors (Lipinski definition) is 0. The van der Waals surface area contributed by atoms with Gasteiger partial charge >= 0.3 is 6.09 Å². The highest BCUT2D eigenvalue weighted by molar-refractivity contribution is 5.81. The first-order valence-electron chi connectivity index (χ1n) is 9.46. The van der Waals surface area contributed by atoms with Gasteiger partial charge in [0.2, 0.25) is 0 Å². The van der Waals surface area contributed by atoms with Crippen LogP contribution in [0.5, 0.6) is 0 Å². The van der Waals surface area contributed by atoms with Crippen LogP contribution in [0.25, 0.3) is 0 Å². The second-order valence-electron chi connectivity index (χ2n) is 8.30. The zero-order chi connectivity index (χ0) is 17.7. The van der Waals surface area contributed by atoms with Crippen molar-refractivity contribution in [3.63, 3.8) is 0 Å². The first-order valence-corrected chi connectivity index (χ1v) is 9.46. The zero-order valence-electron chi connectivity index (χ0n) is 15.6. The topological polar surface area (TPSA) is 46.6 Å². The Balaban J connectivity index is 1.82. The van der Waals surface area contributed by atoms with Gasteiger partial charge in [-0.15, -0.1) is 6.58 Å². The molecule has 2 aliphatic rings. The molecule has 2 unspecified atom stereocenters. The van der Waals surface area contributed by atoms with Crippen molar-refractivity contribution in [3.8, 4) is 0 Å². The number of Topliss-reactive ketones (excluding diaryl/α,β-unsaturated/α-hetero) is 1. The molecule has 0 aliphatic carbocycles. The fraction of sp³-hybridized carbons (Fsp3) is 0.800. The number of amides is 1. The molecule has 0 spiro atoms. The molecule has 2 heterocycles. The molecule has 2 fully saturated rings. The second kappa shape index (κ2) is 8.17. The van der Waals surface area contributed by atoms with Crippen LogP contribution < -0.4 is 0 Å². The van der Waals surface area contributed by atoms with Crippen LogP contribution in [-0.2, 0) is 9.53 Å². The van der Waals surface area contributed by atoms with Crippen molar-refractivity contribution in [2.24, 2.45) is 5.92 Å². The Morgan fingerprint density at radius 1 is 1.12 bits per heavy atom. The summed E-state index contributed by atoms with van der Waals surface area (Å²) < 4.78 is 5.55. The summed E-state index contributed by atoms with van der Waals surface area (Å²) >= 11 is 0. The number of carbonyl (C=O) groups excluding carboxylic acids is 2. The van der Waals surface area contributed by atoms with E-state index in [1.165, 1.54) is 0 Å². The van der Waals surface area contributed by atoms with Crippen LogP contribution in [0.1, 0.15) is 78.6 Å². The average Bonchev–Trinajstić information content (AvgIpc) is 2.75. The molecule has 24 heavy (non-hydrogen) atoms. The Morgan fingerprint density at radius 3 is 2.29 bits per heavy atom. The molecule has 0 aromatic heterocycles. The Bertz CT molecular complexity index is 452. The molecule has 2 aliphatic heterocycles. The zero-order valence-corrected chi connectivity index (χ0v) is 15.6. The standard InChI is InChI=1S/C20H33NO3/c1-5-6-7-8-9-10-18(22)15-13-16-11-12-17(14-15)21(16)19(23)24-20(2,3)4/h5,15-17H,1,6-14H2,2-4H3. The van der Waals surface area contributed by atoms with Crippen LogP contribution in [0, 0.1) is 5.92 Å². The van der Waals surface area contributed by atoms with Crippen molar-refractivity contribution in [3.05, 3.63) is 12.7 Å². The highest BCUT2D eigenvalue weighted by atomic mass is 16.6. The summed E-state index contributed by atoms with van der Waals surface area (Å²) in [6, 6.07) is 0.377. The Kier molecular flexibility index (Phi) is 6.47. The lowest BCUT2D eigenvalue weighted by Gasteiger charge is -2.39.